The van der Waals surface area contributed by atoms with Crippen LogP contribution in [0, 0.1) is 0 Å². The number of anilines is 1. The summed E-state index contributed by atoms with van der Waals surface area (Å²) in [6.45, 7) is 2.58. The number of hydrogen-bond acceptors (Lipinski definition) is 4. The fraction of sp³-hybridized carbons (Fsp3) is 0.286. The Morgan fingerprint density at radius 3 is 2.89 bits per heavy atom. The lowest BCUT2D eigenvalue weighted by Crippen LogP contribution is -2.23. The van der Waals surface area contributed by atoms with Crippen LogP contribution in [0.3, 0.4) is 0 Å². The van der Waals surface area contributed by atoms with Gasteiger partial charge in [-0.25, -0.2) is 4.98 Å². The second-order valence-electron chi connectivity index (χ2n) is 4.15. The topological polar surface area (TPSA) is 54.0 Å². The van der Waals surface area contributed by atoms with E-state index in [-0.39, 0.29) is 5.91 Å². The highest BCUT2D eigenvalue weighted by Gasteiger charge is 2.09. The van der Waals surface area contributed by atoms with Crippen molar-refractivity contribution >= 4 is 23.1 Å². The van der Waals surface area contributed by atoms with Gasteiger partial charge in [0.1, 0.15) is 5.82 Å². The summed E-state index contributed by atoms with van der Waals surface area (Å²) in [5.74, 6) is 0.653. The van der Waals surface area contributed by atoms with E-state index in [0.29, 0.717) is 12.1 Å². The van der Waals surface area contributed by atoms with E-state index < -0.39 is 0 Å². The molecule has 5 heteroatoms. The van der Waals surface area contributed by atoms with E-state index in [1.807, 2.05) is 29.8 Å². The van der Waals surface area contributed by atoms with Gasteiger partial charge in [0.2, 0.25) is 0 Å². The fourth-order valence-corrected chi connectivity index (χ4v) is 2.37. The zero-order valence-electron chi connectivity index (χ0n) is 11.1. The van der Waals surface area contributed by atoms with E-state index in [1.54, 1.807) is 24.5 Å². The predicted octanol–water partition coefficient (Wildman–Crippen LogP) is 2.68. The van der Waals surface area contributed by atoms with Crippen molar-refractivity contribution in [2.45, 2.75) is 19.9 Å². The molecule has 0 bridgehead atoms. The molecule has 0 fully saturated rings. The molecule has 0 saturated heterocycles. The summed E-state index contributed by atoms with van der Waals surface area (Å²) in [7, 11) is 1.80. The maximum absolute atomic E-state index is 12.1. The molecule has 0 aliphatic carbocycles. The molecular weight excluding hydrogens is 258 g/mol. The molecule has 0 atom stereocenters. The zero-order chi connectivity index (χ0) is 13.7. The van der Waals surface area contributed by atoms with E-state index >= 15 is 0 Å². The SMILES string of the molecule is CCc1cc(C(=O)NCc2ccsc2)cc(NC)n1. The maximum Gasteiger partial charge on any atom is 0.251 e. The highest BCUT2D eigenvalue weighted by molar-refractivity contribution is 7.07. The minimum atomic E-state index is -0.0696. The zero-order valence-corrected chi connectivity index (χ0v) is 11.9. The van der Waals surface area contributed by atoms with Gasteiger partial charge in [0.15, 0.2) is 0 Å². The van der Waals surface area contributed by atoms with Gasteiger partial charge in [-0.3, -0.25) is 4.79 Å². The highest BCUT2D eigenvalue weighted by Crippen LogP contribution is 2.11. The largest absolute Gasteiger partial charge is 0.373 e. The normalized spacial score (nSPS) is 10.2. The molecule has 2 heterocycles. The summed E-state index contributed by atoms with van der Waals surface area (Å²) in [6.07, 6.45) is 0.806. The molecule has 4 nitrogen and oxygen atoms in total. The molecule has 2 aromatic heterocycles. The van der Waals surface area contributed by atoms with E-state index in [4.69, 9.17) is 0 Å². The third kappa shape index (κ3) is 3.54. The van der Waals surface area contributed by atoms with Crippen LogP contribution in [-0.2, 0) is 13.0 Å². The van der Waals surface area contributed by atoms with Gasteiger partial charge in [0, 0.05) is 24.8 Å². The molecule has 19 heavy (non-hydrogen) atoms. The molecule has 0 radical (unpaired) electrons. The molecule has 0 aliphatic heterocycles. The molecule has 0 saturated carbocycles. The quantitative estimate of drug-likeness (QED) is 0.882. The highest BCUT2D eigenvalue weighted by atomic mass is 32.1. The summed E-state index contributed by atoms with van der Waals surface area (Å²) in [4.78, 5) is 16.5. The summed E-state index contributed by atoms with van der Waals surface area (Å²) < 4.78 is 0. The second kappa shape index (κ2) is 6.33. The lowest BCUT2D eigenvalue weighted by molar-refractivity contribution is 0.0951. The van der Waals surface area contributed by atoms with Crippen LogP contribution < -0.4 is 10.6 Å². The lowest BCUT2D eigenvalue weighted by atomic mass is 10.1. The smallest absolute Gasteiger partial charge is 0.251 e. The number of aryl methyl sites for hydroxylation is 1. The van der Waals surface area contributed by atoms with Crippen LogP contribution in [0.5, 0.6) is 0 Å². The molecular formula is C14H17N3OS. The predicted molar refractivity (Wildman–Crippen MR) is 78.7 cm³/mol. The third-order valence-electron chi connectivity index (χ3n) is 2.79. The molecule has 0 spiro atoms. The van der Waals surface area contributed by atoms with E-state index in [0.717, 1.165) is 23.5 Å². The van der Waals surface area contributed by atoms with E-state index in [1.165, 1.54) is 0 Å². The van der Waals surface area contributed by atoms with Crippen molar-refractivity contribution in [3.8, 4) is 0 Å². The van der Waals surface area contributed by atoms with Gasteiger partial charge in [0.25, 0.3) is 5.91 Å². The third-order valence-corrected chi connectivity index (χ3v) is 3.52. The van der Waals surface area contributed by atoms with Gasteiger partial charge in [-0.1, -0.05) is 6.92 Å². The molecule has 2 N–H and O–H groups in total. The van der Waals surface area contributed by atoms with Crippen molar-refractivity contribution in [1.29, 1.82) is 0 Å². The Bertz CT molecular complexity index is 530. The number of hydrogen-bond donors (Lipinski definition) is 2. The molecule has 0 aromatic carbocycles. The Kier molecular flexibility index (Phi) is 4.52. The standard InChI is InChI=1S/C14H17N3OS/c1-3-12-6-11(7-13(15-2)17-12)14(18)16-8-10-4-5-19-9-10/h4-7,9H,3,8H2,1-2H3,(H,15,17)(H,16,18). The number of thiophene rings is 1. The average molecular weight is 275 g/mol. The average Bonchev–Trinajstić information content (AvgIpc) is 2.97. The van der Waals surface area contributed by atoms with Crippen LogP contribution in [0.25, 0.3) is 0 Å². The second-order valence-corrected chi connectivity index (χ2v) is 4.93. The van der Waals surface area contributed by atoms with Crippen molar-refractivity contribution in [3.05, 3.63) is 45.8 Å². The van der Waals surface area contributed by atoms with Crippen molar-refractivity contribution in [2.24, 2.45) is 0 Å². The summed E-state index contributed by atoms with van der Waals surface area (Å²) in [5, 5.41) is 9.93. The number of rotatable bonds is 5. The number of nitrogens with zero attached hydrogens (tertiary/aromatic N) is 1. The van der Waals surface area contributed by atoms with Gasteiger partial charge < -0.3 is 10.6 Å². The van der Waals surface area contributed by atoms with Gasteiger partial charge in [-0.2, -0.15) is 11.3 Å². The maximum atomic E-state index is 12.1. The minimum Gasteiger partial charge on any atom is -0.373 e. The van der Waals surface area contributed by atoms with Crippen LogP contribution >= 0.6 is 11.3 Å². The Hall–Kier alpha value is -1.88. The van der Waals surface area contributed by atoms with Crippen LogP contribution in [-0.4, -0.2) is 17.9 Å². The molecule has 1 amide bonds. The number of amides is 1. The van der Waals surface area contributed by atoms with E-state index in [2.05, 4.69) is 15.6 Å². The van der Waals surface area contributed by atoms with Gasteiger partial charge >= 0.3 is 0 Å². The minimum absolute atomic E-state index is 0.0696. The first-order valence-electron chi connectivity index (χ1n) is 6.21. The molecule has 0 aliphatic rings. The van der Waals surface area contributed by atoms with Crippen molar-refractivity contribution < 1.29 is 4.79 Å². The number of pyridine rings is 1. The monoisotopic (exact) mass is 275 g/mol. The van der Waals surface area contributed by atoms with Gasteiger partial charge in [-0.15, -0.1) is 0 Å². The van der Waals surface area contributed by atoms with Crippen molar-refractivity contribution in [2.75, 3.05) is 12.4 Å². The Balaban J connectivity index is 2.09. The summed E-state index contributed by atoms with van der Waals surface area (Å²) in [5.41, 5.74) is 2.68. The summed E-state index contributed by atoms with van der Waals surface area (Å²) >= 11 is 1.63. The van der Waals surface area contributed by atoms with Crippen LogP contribution in [0.1, 0.15) is 28.5 Å². The first kappa shape index (κ1) is 13.5. The Labute approximate surface area is 116 Å². The lowest BCUT2D eigenvalue weighted by Gasteiger charge is -2.08. The molecule has 2 aromatic rings. The summed E-state index contributed by atoms with van der Waals surface area (Å²) in [6, 6.07) is 5.61. The number of carbonyl (C=O) groups excluding carboxylic acids is 1. The van der Waals surface area contributed by atoms with Crippen molar-refractivity contribution in [3.63, 3.8) is 0 Å². The number of aromatic nitrogens is 1. The van der Waals surface area contributed by atoms with Gasteiger partial charge in [0.05, 0.1) is 0 Å². The number of nitrogens with one attached hydrogen (secondary N) is 2. The fourth-order valence-electron chi connectivity index (χ4n) is 1.71. The van der Waals surface area contributed by atoms with E-state index in [9.17, 15) is 4.79 Å². The van der Waals surface area contributed by atoms with Crippen LogP contribution in [0.15, 0.2) is 29.0 Å². The molecule has 100 valence electrons. The Morgan fingerprint density at radius 2 is 2.26 bits per heavy atom. The van der Waals surface area contributed by atoms with Crippen molar-refractivity contribution in [1.82, 2.24) is 10.3 Å². The molecule has 0 unspecified atom stereocenters. The molecule has 2 rings (SSSR count). The van der Waals surface area contributed by atoms with Gasteiger partial charge in [-0.05, 0) is 40.9 Å². The Morgan fingerprint density at radius 1 is 1.42 bits per heavy atom. The first-order chi connectivity index (χ1) is 9.22. The van der Waals surface area contributed by atoms with Crippen LogP contribution in [0.2, 0.25) is 0 Å². The number of carbonyl (C=O) groups is 1. The first-order valence-corrected chi connectivity index (χ1v) is 7.15. The van der Waals surface area contributed by atoms with Crippen LogP contribution in [0.4, 0.5) is 5.82 Å².